The Morgan fingerprint density at radius 3 is 2.48 bits per heavy atom. The van der Waals surface area contributed by atoms with Crippen LogP contribution in [0.15, 0.2) is 53.6 Å². The maximum Gasteiger partial charge on any atom is 0.277 e. The zero-order chi connectivity index (χ0) is 16.7. The lowest BCUT2D eigenvalue weighted by Gasteiger charge is -2.08. The Kier molecular flexibility index (Phi) is 5.68. The van der Waals surface area contributed by atoms with Crippen LogP contribution in [0.1, 0.15) is 12.5 Å². The first-order valence-corrected chi connectivity index (χ1v) is 6.95. The highest BCUT2D eigenvalue weighted by molar-refractivity contribution is 6.01. The molecule has 0 atom stereocenters. The molecule has 2 rings (SSSR count). The topological polar surface area (TPSA) is 59.9 Å². The van der Waals surface area contributed by atoms with Crippen LogP contribution in [0.3, 0.4) is 0 Å². The average molecular weight is 316 g/mol. The summed E-state index contributed by atoms with van der Waals surface area (Å²) in [6.07, 6.45) is 0. The lowest BCUT2D eigenvalue weighted by Crippen LogP contribution is -2.25. The molecule has 0 aliphatic carbocycles. The van der Waals surface area contributed by atoms with Gasteiger partial charge in [0.1, 0.15) is 5.75 Å². The standard InChI is InChI=1S/C17H17FN2O3/c1-12(13-7-3-5-9-15(13)22-2)19-20-17(21)11-23-16-10-6-4-8-14(16)18/h3-10H,11H2,1-2H3,(H,20,21)/b19-12-. The molecule has 0 saturated heterocycles. The molecular formula is C17H17FN2O3. The van der Waals surface area contributed by atoms with E-state index >= 15 is 0 Å². The highest BCUT2D eigenvalue weighted by atomic mass is 19.1. The number of ether oxygens (including phenoxy) is 2. The summed E-state index contributed by atoms with van der Waals surface area (Å²) in [4.78, 5) is 11.7. The number of carbonyl (C=O) groups is 1. The van der Waals surface area contributed by atoms with Crippen molar-refractivity contribution in [1.29, 1.82) is 0 Å². The van der Waals surface area contributed by atoms with Crippen LogP contribution in [0.5, 0.6) is 11.5 Å². The Morgan fingerprint density at radius 2 is 1.78 bits per heavy atom. The van der Waals surface area contributed by atoms with Crippen molar-refractivity contribution in [3.05, 3.63) is 59.9 Å². The van der Waals surface area contributed by atoms with Crippen LogP contribution < -0.4 is 14.9 Å². The van der Waals surface area contributed by atoms with E-state index in [1.807, 2.05) is 18.2 Å². The van der Waals surface area contributed by atoms with E-state index in [2.05, 4.69) is 10.5 Å². The third kappa shape index (κ3) is 4.54. The minimum absolute atomic E-state index is 0.0214. The Hall–Kier alpha value is -2.89. The van der Waals surface area contributed by atoms with Crippen LogP contribution >= 0.6 is 0 Å². The molecule has 0 aliphatic heterocycles. The Morgan fingerprint density at radius 1 is 1.13 bits per heavy atom. The van der Waals surface area contributed by atoms with Crippen molar-refractivity contribution in [2.24, 2.45) is 5.10 Å². The van der Waals surface area contributed by atoms with E-state index in [4.69, 9.17) is 9.47 Å². The maximum atomic E-state index is 13.4. The van der Waals surface area contributed by atoms with E-state index in [-0.39, 0.29) is 12.4 Å². The minimum atomic E-state index is -0.519. The SMILES string of the molecule is COc1ccccc1/C(C)=N\NC(=O)COc1ccccc1F. The fraction of sp³-hybridized carbons (Fsp3) is 0.176. The molecule has 0 heterocycles. The highest BCUT2D eigenvalue weighted by Gasteiger charge is 2.08. The van der Waals surface area contributed by atoms with Crippen molar-refractivity contribution in [3.63, 3.8) is 0 Å². The van der Waals surface area contributed by atoms with Crippen molar-refractivity contribution in [2.75, 3.05) is 13.7 Å². The maximum absolute atomic E-state index is 13.4. The molecule has 1 amide bonds. The molecule has 23 heavy (non-hydrogen) atoms. The fourth-order valence-electron chi connectivity index (χ4n) is 1.89. The molecule has 6 heteroatoms. The molecule has 0 bridgehead atoms. The zero-order valence-corrected chi connectivity index (χ0v) is 12.9. The number of halogens is 1. The van der Waals surface area contributed by atoms with Crippen molar-refractivity contribution in [1.82, 2.24) is 5.43 Å². The molecule has 120 valence electrons. The van der Waals surface area contributed by atoms with Crippen LogP contribution in [0, 0.1) is 5.82 Å². The summed E-state index contributed by atoms with van der Waals surface area (Å²) in [7, 11) is 1.56. The minimum Gasteiger partial charge on any atom is -0.496 e. The second-order valence-electron chi connectivity index (χ2n) is 4.65. The number of amides is 1. The number of para-hydroxylation sites is 2. The number of hydrogen-bond donors (Lipinski definition) is 1. The zero-order valence-electron chi connectivity index (χ0n) is 12.9. The number of methoxy groups -OCH3 is 1. The quantitative estimate of drug-likeness (QED) is 0.658. The van der Waals surface area contributed by atoms with E-state index in [0.717, 1.165) is 5.56 Å². The van der Waals surface area contributed by atoms with E-state index in [1.54, 1.807) is 32.2 Å². The summed E-state index contributed by atoms with van der Waals surface area (Å²) in [6, 6.07) is 13.2. The number of hydrogen-bond acceptors (Lipinski definition) is 4. The van der Waals surface area contributed by atoms with Crippen molar-refractivity contribution >= 4 is 11.6 Å². The first-order valence-electron chi connectivity index (χ1n) is 6.95. The van der Waals surface area contributed by atoms with E-state index in [0.29, 0.717) is 11.5 Å². The van der Waals surface area contributed by atoms with Crippen molar-refractivity contribution in [3.8, 4) is 11.5 Å². The van der Waals surface area contributed by atoms with Gasteiger partial charge in [-0.25, -0.2) is 9.82 Å². The number of benzene rings is 2. The largest absolute Gasteiger partial charge is 0.496 e. The number of hydrazone groups is 1. The van der Waals surface area contributed by atoms with Gasteiger partial charge in [-0.3, -0.25) is 4.79 Å². The molecule has 0 fully saturated rings. The summed E-state index contributed by atoms with van der Waals surface area (Å²) in [5.41, 5.74) is 3.72. The molecular weight excluding hydrogens is 299 g/mol. The third-order valence-electron chi connectivity index (χ3n) is 3.04. The predicted molar refractivity (Wildman–Crippen MR) is 85.2 cm³/mol. The van der Waals surface area contributed by atoms with Gasteiger partial charge in [-0.1, -0.05) is 24.3 Å². The van der Waals surface area contributed by atoms with Crippen LogP contribution in [0.4, 0.5) is 4.39 Å². The first-order chi connectivity index (χ1) is 11.1. The molecule has 0 unspecified atom stereocenters. The van der Waals surface area contributed by atoms with Crippen LogP contribution in [0.2, 0.25) is 0 Å². The van der Waals surface area contributed by atoms with Gasteiger partial charge in [-0.2, -0.15) is 5.10 Å². The molecule has 1 N–H and O–H groups in total. The van der Waals surface area contributed by atoms with Crippen LogP contribution in [-0.4, -0.2) is 25.3 Å². The molecule has 0 aromatic heterocycles. The number of nitrogens with zero attached hydrogens (tertiary/aromatic N) is 1. The average Bonchev–Trinajstić information content (AvgIpc) is 2.58. The van der Waals surface area contributed by atoms with Gasteiger partial charge in [0.25, 0.3) is 5.91 Å². The molecule has 0 saturated carbocycles. The second-order valence-corrected chi connectivity index (χ2v) is 4.65. The van der Waals surface area contributed by atoms with E-state index < -0.39 is 11.7 Å². The van der Waals surface area contributed by atoms with E-state index in [9.17, 15) is 9.18 Å². The van der Waals surface area contributed by atoms with Gasteiger partial charge >= 0.3 is 0 Å². The predicted octanol–water partition coefficient (Wildman–Crippen LogP) is 2.75. The summed E-state index contributed by atoms with van der Waals surface area (Å²) in [5, 5.41) is 4.00. The molecule has 0 radical (unpaired) electrons. The Labute approximate surface area is 133 Å². The Balaban J connectivity index is 1.94. The summed E-state index contributed by atoms with van der Waals surface area (Å²) < 4.78 is 23.7. The lowest BCUT2D eigenvalue weighted by molar-refractivity contribution is -0.123. The molecule has 0 spiro atoms. The monoisotopic (exact) mass is 316 g/mol. The Bertz CT molecular complexity index is 716. The van der Waals surface area contributed by atoms with Gasteiger partial charge in [-0.05, 0) is 31.2 Å². The van der Waals surface area contributed by atoms with E-state index in [1.165, 1.54) is 12.1 Å². The normalized spacial score (nSPS) is 11.0. The van der Waals surface area contributed by atoms with Gasteiger partial charge in [0, 0.05) is 5.56 Å². The fourth-order valence-corrected chi connectivity index (χ4v) is 1.89. The number of carbonyl (C=O) groups excluding carboxylic acids is 1. The summed E-state index contributed by atoms with van der Waals surface area (Å²) >= 11 is 0. The number of nitrogens with one attached hydrogen (secondary N) is 1. The van der Waals surface area contributed by atoms with Crippen molar-refractivity contribution < 1.29 is 18.7 Å². The summed E-state index contributed by atoms with van der Waals surface area (Å²) in [5.74, 6) is -0.324. The van der Waals surface area contributed by atoms with Crippen LogP contribution in [0.25, 0.3) is 0 Å². The van der Waals surface area contributed by atoms with Gasteiger partial charge in [0.05, 0.1) is 12.8 Å². The lowest BCUT2D eigenvalue weighted by atomic mass is 10.1. The van der Waals surface area contributed by atoms with Gasteiger partial charge < -0.3 is 9.47 Å². The van der Waals surface area contributed by atoms with Gasteiger partial charge in [-0.15, -0.1) is 0 Å². The number of rotatable bonds is 6. The smallest absolute Gasteiger partial charge is 0.277 e. The molecule has 5 nitrogen and oxygen atoms in total. The van der Waals surface area contributed by atoms with Gasteiger partial charge in [0.2, 0.25) is 0 Å². The molecule has 2 aromatic carbocycles. The van der Waals surface area contributed by atoms with Gasteiger partial charge in [0.15, 0.2) is 18.2 Å². The first kappa shape index (κ1) is 16.5. The summed E-state index contributed by atoms with van der Waals surface area (Å²) in [6.45, 7) is 1.42. The van der Waals surface area contributed by atoms with Crippen LogP contribution in [-0.2, 0) is 4.79 Å². The van der Waals surface area contributed by atoms with Crippen molar-refractivity contribution in [2.45, 2.75) is 6.92 Å². The molecule has 0 aliphatic rings. The highest BCUT2D eigenvalue weighted by Crippen LogP contribution is 2.18. The molecule has 2 aromatic rings. The third-order valence-corrected chi connectivity index (χ3v) is 3.04. The second kappa shape index (κ2) is 7.93.